The van der Waals surface area contributed by atoms with Crippen LogP contribution in [0, 0.1) is 0 Å². The van der Waals surface area contributed by atoms with Gasteiger partial charge in [-0.25, -0.2) is 0 Å². The molecule has 0 aromatic heterocycles. The van der Waals surface area contributed by atoms with Crippen LogP contribution in [0.4, 0.5) is 5.69 Å². The Hall–Kier alpha value is -3.05. The molecule has 1 fully saturated rings. The highest BCUT2D eigenvalue weighted by molar-refractivity contribution is 5.84. The molecule has 3 aromatic rings. The van der Waals surface area contributed by atoms with E-state index in [-0.39, 0.29) is 12.5 Å². The number of carbonyl (C=O) groups is 1. The second kappa shape index (κ2) is 8.97. The Labute approximate surface area is 171 Å². The number of hydrogen-bond donors (Lipinski definition) is 0. The first-order chi connectivity index (χ1) is 14.2. The maximum Gasteiger partial charge on any atom is 0.260 e. The summed E-state index contributed by atoms with van der Waals surface area (Å²) >= 11 is 0. The minimum absolute atomic E-state index is 0.0224. The van der Waals surface area contributed by atoms with Crippen molar-refractivity contribution in [3.8, 4) is 5.75 Å². The molecule has 0 bridgehead atoms. The summed E-state index contributed by atoms with van der Waals surface area (Å²) in [7, 11) is 1.82. The zero-order valence-corrected chi connectivity index (χ0v) is 16.7. The van der Waals surface area contributed by atoms with E-state index in [0.29, 0.717) is 12.3 Å². The standard InChI is InChI=1S/C24H26N2O3/c1-25(17-21-8-4-5-9-23(21)26-12-14-28-15-13-26)24(27)18-29-22-11-10-19-6-2-3-7-20(19)16-22/h2-11,16H,12-15,17-18H2,1H3. The van der Waals surface area contributed by atoms with Gasteiger partial charge in [-0.3, -0.25) is 4.79 Å². The molecule has 150 valence electrons. The number of anilines is 1. The minimum Gasteiger partial charge on any atom is -0.484 e. The van der Waals surface area contributed by atoms with Crippen LogP contribution in [0.1, 0.15) is 5.56 Å². The summed E-state index contributed by atoms with van der Waals surface area (Å²) < 4.78 is 11.2. The molecule has 0 radical (unpaired) electrons. The van der Waals surface area contributed by atoms with E-state index in [9.17, 15) is 4.79 Å². The molecule has 0 aliphatic carbocycles. The molecule has 0 atom stereocenters. The topological polar surface area (TPSA) is 42.0 Å². The van der Waals surface area contributed by atoms with Crippen molar-refractivity contribution in [3.63, 3.8) is 0 Å². The summed E-state index contributed by atoms with van der Waals surface area (Å²) in [6.45, 7) is 3.80. The molecule has 1 heterocycles. The molecule has 1 saturated heterocycles. The zero-order chi connectivity index (χ0) is 20.1. The first-order valence-corrected chi connectivity index (χ1v) is 9.97. The van der Waals surface area contributed by atoms with Gasteiger partial charge in [-0.1, -0.05) is 48.5 Å². The van der Waals surface area contributed by atoms with Crippen molar-refractivity contribution >= 4 is 22.4 Å². The normalized spacial score (nSPS) is 14.0. The van der Waals surface area contributed by atoms with E-state index < -0.39 is 0 Å². The van der Waals surface area contributed by atoms with Crippen molar-refractivity contribution in [2.45, 2.75) is 6.54 Å². The van der Waals surface area contributed by atoms with Crippen LogP contribution in [-0.4, -0.2) is 50.8 Å². The van der Waals surface area contributed by atoms with Crippen LogP contribution in [0.3, 0.4) is 0 Å². The van der Waals surface area contributed by atoms with Gasteiger partial charge in [-0.15, -0.1) is 0 Å². The third-order valence-electron chi connectivity index (χ3n) is 5.26. The number of nitrogens with zero attached hydrogens (tertiary/aromatic N) is 2. The van der Waals surface area contributed by atoms with Gasteiger partial charge < -0.3 is 19.3 Å². The fourth-order valence-electron chi connectivity index (χ4n) is 3.61. The second-order valence-electron chi connectivity index (χ2n) is 7.28. The van der Waals surface area contributed by atoms with Crippen molar-refractivity contribution in [1.82, 2.24) is 4.90 Å². The summed E-state index contributed by atoms with van der Waals surface area (Å²) in [5.41, 5.74) is 2.31. The highest BCUT2D eigenvalue weighted by Crippen LogP contribution is 2.23. The van der Waals surface area contributed by atoms with Crippen LogP contribution in [0.15, 0.2) is 66.7 Å². The second-order valence-corrected chi connectivity index (χ2v) is 7.28. The van der Waals surface area contributed by atoms with Gasteiger partial charge in [0.05, 0.1) is 13.2 Å². The first-order valence-electron chi connectivity index (χ1n) is 9.97. The van der Waals surface area contributed by atoms with Gasteiger partial charge in [0, 0.05) is 32.4 Å². The number of morpholine rings is 1. The van der Waals surface area contributed by atoms with Crippen LogP contribution < -0.4 is 9.64 Å². The first kappa shape index (κ1) is 19.3. The quantitative estimate of drug-likeness (QED) is 0.643. The summed E-state index contributed by atoms with van der Waals surface area (Å²) in [6.07, 6.45) is 0. The third-order valence-corrected chi connectivity index (χ3v) is 5.26. The molecule has 1 aliphatic heterocycles. The lowest BCUT2D eigenvalue weighted by Gasteiger charge is -2.31. The number of para-hydroxylation sites is 1. The molecule has 29 heavy (non-hydrogen) atoms. The lowest BCUT2D eigenvalue weighted by atomic mass is 10.1. The molecule has 4 rings (SSSR count). The van der Waals surface area contributed by atoms with Crippen LogP contribution >= 0.6 is 0 Å². The lowest BCUT2D eigenvalue weighted by Crippen LogP contribution is -2.37. The third kappa shape index (κ3) is 4.69. The van der Waals surface area contributed by atoms with Crippen LogP contribution in [0.5, 0.6) is 5.75 Å². The molecular formula is C24H26N2O3. The van der Waals surface area contributed by atoms with Gasteiger partial charge in [0.15, 0.2) is 6.61 Å². The number of fused-ring (bicyclic) bond motifs is 1. The predicted octanol–water partition coefficient (Wildman–Crippen LogP) is 3.71. The smallest absolute Gasteiger partial charge is 0.260 e. The monoisotopic (exact) mass is 390 g/mol. The molecule has 5 heteroatoms. The Morgan fingerprint density at radius 3 is 2.55 bits per heavy atom. The van der Waals surface area contributed by atoms with Gasteiger partial charge in [0.2, 0.25) is 0 Å². The van der Waals surface area contributed by atoms with Gasteiger partial charge in [0.25, 0.3) is 5.91 Å². The van der Waals surface area contributed by atoms with E-state index in [4.69, 9.17) is 9.47 Å². The largest absolute Gasteiger partial charge is 0.484 e. The Balaban J connectivity index is 1.38. The zero-order valence-electron chi connectivity index (χ0n) is 16.7. The summed E-state index contributed by atoms with van der Waals surface area (Å²) in [6, 6.07) is 22.2. The molecular weight excluding hydrogens is 364 g/mol. The number of ether oxygens (including phenoxy) is 2. The molecule has 0 spiro atoms. The molecule has 5 nitrogen and oxygen atoms in total. The van der Waals surface area contributed by atoms with Gasteiger partial charge in [-0.2, -0.15) is 0 Å². The molecule has 1 aliphatic rings. The lowest BCUT2D eigenvalue weighted by molar-refractivity contribution is -0.132. The van der Waals surface area contributed by atoms with Crippen LogP contribution in [0.2, 0.25) is 0 Å². The molecule has 0 saturated carbocycles. The SMILES string of the molecule is CN(Cc1ccccc1N1CCOCC1)C(=O)COc1ccc2ccccc2c1. The Kier molecular flexibility index (Phi) is 5.96. The summed E-state index contributed by atoms with van der Waals surface area (Å²) in [4.78, 5) is 16.7. The van der Waals surface area contributed by atoms with Crippen molar-refractivity contribution < 1.29 is 14.3 Å². The average molecular weight is 390 g/mol. The fourth-order valence-corrected chi connectivity index (χ4v) is 3.61. The number of carbonyl (C=O) groups excluding carboxylic acids is 1. The number of benzene rings is 3. The Morgan fingerprint density at radius 1 is 1.00 bits per heavy atom. The molecule has 3 aromatic carbocycles. The van der Waals surface area contributed by atoms with Crippen molar-refractivity contribution in [3.05, 3.63) is 72.3 Å². The average Bonchev–Trinajstić information content (AvgIpc) is 2.78. The highest BCUT2D eigenvalue weighted by atomic mass is 16.5. The minimum atomic E-state index is -0.0464. The predicted molar refractivity (Wildman–Crippen MR) is 115 cm³/mol. The van der Waals surface area contributed by atoms with E-state index in [0.717, 1.165) is 42.6 Å². The molecule has 0 unspecified atom stereocenters. The molecule has 1 amide bonds. The Morgan fingerprint density at radius 2 is 1.72 bits per heavy atom. The van der Waals surface area contributed by atoms with Crippen LogP contribution in [-0.2, 0) is 16.1 Å². The maximum absolute atomic E-state index is 12.6. The number of rotatable bonds is 6. The van der Waals surface area contributed by atoms with Gasteiger partial charge >= 0.3 is 0 Å². The van der Waals surface area contributed by atoms with Gasteiger partial charge in [0.1, 0.15) is 5.75 Å². The van der Waals surface area contributed by atoms with E-state index in [1.165, 1.54) is 5.69 Å². The number of likely N-dealkylation sites (N-methyl/N-ethyl adjacent to an activating group) is 1. The van der Waals surface area contributed by atoms with Crippen molar-refractivity contribution in [2.75, 3.05) is 44.9 Å². The van der Waals surface area contributed by atoms with Crippen LogP contribution in [0.25, 0.3) is 10.8 Å². The van der Waals surface area contributed by atoms with E-state index in [1.54, 1.807) is 4.90 Å². The fraction of sp³-hybridized carbons (Fsp3) is 0.292. The molecule has 0 N–H and O–H groups in total. The van der Waals surface area contributed by atoms with E-state index >= 15 is 0 Å². The Bertz CT molecular complexity index is 983. The highest BCUT2D eigenvalue weighted by Gasteiger charge is 2.17. The number of amides is 1. The van der Waals surface area contributed by atoms with E-state index in [1.807, 2.05) is 55.6 Å². The summed E-state index contributed by atoms with van der Waals surface area (Å²) in [5, 5.41) is 2.26. The van der Waals surface area contributed by atoms with E-state index in [2.05, 4.69) is 23.1 Å². The maximum atomic E-state index is 12.6. The van der Waals surface area contributed by atoms with Gasteiger partial charge in [-0.05, 0) is 34.5 Å². The number of hydrogen-bond acceptors (Lipinski definition) is 4. The van der Waals surface area contributed by atoms with Crippen molar-refractivity contribution in [1.29, 1.82) is 0 Å². The summed E-state index contributed by atoms with van der Waals surface area (Å²) in [5.74, 6) is 0.661. The van der Waals surface area contributed by atoms with Crippen molar-refractivity contribution in [2.24, 2.45) is 0 Å².